The number of hydrogen-bond donors (Lipinski definition) is 0. The van der Waals surface area contributed by atoms with Gasteiger partial charge in [-0.3, -0.25) is 4.79 Å². The van der Waals surface area contributed by atoms with Crippen LogP contribution in [0.25, 0.3) is 0 Å². The van der Waals surface area contributed by atoms with Gasteiger partial charge in [0.2, 0.25) is 0 Å². The number of rotatable bonds is 4. The predicted molar refractivity (Wildman–Crippen MR) is 70.0 cm³/mol. The van der Waals surface area contributed by atoms with Gasteiger partial charge in [0, 0.05) is 10.4 Å². The van der Waals surface area contributed by atoms with Gasteiger partial charge in [0.1, 0.15) is 12.4 Å². The molecule has 0 saturated carbocycles. The maximum Gasteiger partial charge on any atom is 0.160 e. The first-order valence-corrected chi connectivity index (χ1v) is 6.24. The van der Waals surface area contributed by atoms with Crippen LogP contribution in [-0.4, -0.2) is 6.29 Å². The molecular formula is C14H14O2S. The summed E-state index contributed by atoms with van der Waals surface area (Å²) in [5, 5.41) is 0. The number of benzene rings is 1. The Balaban J connectivity index is 2.06. The smallest absolute Gasteiger partial charge is 0.160 e. The highest BCUT2D eigenvalue weighted by molar-refractivity contribution is 7.13. The van der Waals surface area contributed by atoms with Gasteiger partial charge in [-0.05, 0) is 37.6 Å². The summed E-state index contributed by atoms with van der Waals surface area (Å²) >= 11 is 1.50. The number of hydrogen-bond acceptors (Lipinski definition) is 3. The number of carbonyl (C=O) groups is 1. The highest BCUT2D eigenvalue weighted by atomic mass is 32.1. The lowest BCUT2D eigenvalue weighted by atomic mass is 10.2. The molecule has 3 heteroatoms. The molecule has 0 saturated heterocycles. The minimum atomic E-state index is 0.514. The summed E-state index contributed by atoms with van der Waals surface area (Å²) in [6.07, 6.45) is 0.883. The van der Waals surface area contributed by atoms with Gasteiger partial charge in [-0.15, -0.1) is 11.3 Å². The van der Waals surface area contributed by atoms with E-state index >= 15 is 0 Å². The Morgan fingerprint density at radius 2 is 2.12 bits per heavy atom. The first-order chi connectivity index (χ1) is 8.19. The van der Waals surface area contributed by atoms with Crippen molar-refractivity contribution in [2.24, 2.45) is 0 Å². The SMILES string of the molecule is Cc1cccc(OCc2cc(C=O)sc2C)c1. The van der Waals surface area contributed by atoms with Gasteiger partial charge < -0.3 is 4.74 Å². The van der Waals surface area contributed by atoms with Crippen molar-refractivity contribution in [3.05, 3.63) is 51.2 Å². The second-order valence-electron chi connectivity index (χ2n) is 3.95. The fourth-order valence-corrected chi connectivity index (χ4v) is 2.46. The minimum Gasteiger partial charge on any atom is -0.489 e. The summed E-state index contributed by atoms with van der Waals surface area (Å²) in [4.78, 5) is 12.6. The molecule has 0 atom stereocenters. The normalized spacial score (nSPS) is 10.2. The highest BCUT2D eigenvalue weighted by Gasteiger charge is 2.05. The summed E-state index contributed by atoms with van der Waals surface area (Å²) in [7, 11) is 0. The van der Waals surface area contributed by atoms with Crippen molar-refractivity contribution in [1.29, 1.82) is 0 Å². The first-order valence-electron chi connectivity index (χ1n) is 5.43. The summed E-state index contributed by atoms with van der Waals surface area (Å²) < 4.78 is 5.70. The average Bonchev–Trinajstić information content (AvgIpc) is 2.68. The molecule has 0 aliphatic carbocycles. The zero-order chi connectivity index (χ0) is 12.3. The first kappa shape index (κ1) is 11.9. The number of aldehydes is 1. The fraction of sp³-hybridized carbons (Fsp3) is 0.214. The Morgan fingerprint density at radius 1 is 1.29 bits per heavy atom. The molecule has 0 N–H and O–H groups in total. The molecule has 0 aliphatic rings. The van der Waals surface area contributed by atoms with E-state index in [-0.39, 0.29) is 0 Å². The van der Waals surface area contributed by atoms with Crippen LogP contribution in [-0.2, 0) is 6.61 Å². The molecule has 1 aromatic heterocycles. The lowest BCUT2D eigenvalue weighted by Crippen LogP contribution is -1.95. The van der Waals surface area contributed by atoms with Gasteiger partial charge in [0.15, 0.2) is 6.29 Å². The summed E-state index contributed by atoms with van der Waals surface area (Å²) in [6, 6.07) is 9.84. The van der Waals surface area contributed by atoms with Crippen LogP contribution in [0.3, 0.4) is 0 Å². The highest BCUT2D eigenvalue weighted by Crippen LogP contribution is 2.22. The average molecular weight is 246 g/mol. The van der Waals surface area contributed by atoms with Crippen LogP contribution in [0.15, 0.2) is 30.3 Å². The van der Waals surface area contributed by atoms with E-state index in [1.165, 1.54) is 16.9 Å². The maximum atomic E-state index is 10.7. The monoisotopic (exact) mass is 246 g/mol. The summed E-state index contributed by atoms with van der Waals surface area (Å²) in [6.45, 7) is 4.55. The van der Waals surface area contributed by atoms with Gasteiger partial charge in [-0.2, -0.15) is 0 Å². The Labute approximate surface area is 105 Å². The molecule has 0 bridgehead atoms. The Kier molecular flexibility index (Phi) is 3.59. The van der Waals surface area contributed by atoms with E-state index in [9.17, 15) is 4.79 Å². The van der Waals surface area contributed by atoms with Crippen LogP contribution in [0.1, 0.15) is 25.7 Å². The second-order valence-corrected chi connectivity index (χ2v) is 5.24. The van der Waals surface area contributed by atoms with Gasteiger partial charge in [-0.25, -0.2) is 0 Å². The zero-order valence-electron chi connectivity index (χ0n) is 9.90. The number of aryl methyl sites for hydroxylation is 2. The summed E-state index contributed by atoms with van der Waals surface area (Å²) in [5.74, 6) is 0.864. The van der Waals surface area contributed by atoms with Crippen LogP contribution in [0, 0.1) is 13.8 Å². The Morgan fingerprint density at radius 3 is 2.76 bits per heavy atom. The molecule has 2 rings (SSSR count). The van der Waals surface area contributed by atoms with Gasteiger partial charge >= 0.3 is 0 Å². The zero-order valence-corrected chi connectivity index (χ0v) is 10.7. The Hall–Kier alpha value is -1.61. The third kappa shape index (κ3) is 2.94. The standard InChI is InChI=1S/C14H14O2S/c1-10-4-3-5-13(6-10)16-9-12-7-14(8-15)17-11(12)2/h3-8H,9H2,1-2H3. The molecule has 0 amide bonds. The topological polar surface area (TPSA) is 26.3 Å². The molecule has 88 valence electrons. The van der Waals surface area contributed by atoms with Crippen LogP contribution >= 0.6 is 11.3 Å². The number of carbonyl (C=O) groups excluding carboxylic acids is 1. The van der Waals surface area contributed by atoms with Crippen molar-refractivity contribution in [2.45, 2.75) is 20.5 Å². The van der Waals surface area contributed by atoms with E-state index < -0.39 is 0 Å². The van der Waals surface area contributed by atoms with Gasteiger partial charge in [0.25, 0.3) is 0 Å². The van der Waals surface area contributed by atoms with Crippen LogP contribution < -0.4 is 4.74 Å². The third-order valence-corrected chi connectivity index (χ3v) is 3.56. The van der Waals surface area contributed by atoms with Gasteiger partial charge in [0.05, 0.1) is 4.88 Å². The van der Waals surface area contributed by atoms with E-state index in [1.807, 2.05) is 44.2 Å². The summed E-state index contributed by atoms with van der Waals surface area (Å²) in [5.41, 5.74) is 2.26. The van der Waals surface area contributed by atoms with Crippen molar-refractivity contribution in [1.82, 2.24) is 0 Å². The van der Waals surface area contributed by atoms with Crippen LogP contribution in [0.2, 0.25) is 0 Å². The van der Waals surface area contributed by atoms with E-state index in [4.69, 9.17) is 4.74 Å². The molecule has 17 heavy (non-hydrogen) atoms. The molecule has 0 aliphatic heterocycles. The molecule has 1 aromatic carbocycles. The molecule has 0 spiro atoms. The number of thiophene rings is 1. The fourth-order valence-electron chi connectivity index (χ4n) is 1.61. The molecular weight excluding hydrogens is 232 g/mol. The molecule has 2 nitrogen and oxygen atoms in total. The van der Waals surface area contributed by atoms with Crippen molar-refractivity contribution in [3.63, 3.8) is 0 Å². The van der Waals surface area contributed by atoms with Gasteiger partial charge in [-0.1, -0.05) is 12.1 Å². The van der Waals surface area contributed by atoms with Crippen LogP contribution in [0.5, 0.6) is 5.75 Å². The van der Waals surface area contributed by atoms with Crippen molar-refractivity contribution in [2.75, 3.05) is 0 Å². The molecule has 1 heterocycles. The van der Waals surface area contributed by atoms with Crippen molar-refractivity contribution < 1.29 is 9.53 Å². The predicted octanol–water partition coefficient (Wildman–Crippen LogP) is 3.76. The molecule has 2 aromatic rings. The van der Waals surface area contributed by atoms with Crippen molar-refractivity contribution >= 4 is 17.6 Å². The van der Waals surface area contributed by atoms with E-state index in [2.05, 4.69) is 0 Å². The molecule has 0 unspecified atom stereocenters. The lowest BCUT2D eigenvalue weighted by Gasteiger charge is -2.06. The molecule has 0 radical (unpaired) electrons. The van der Waals surface area contributed by atoms with E-state index in [0.29, 0.717) is 6.61 Å². The van der Waals surface area contributed by atoms with E-state index in [1.54, 1.807) is 0 Å². The van der Waals surface area contributed by atoms with E-state index in [0.717, 1.165) is 27.4 Å². The number of ether oxygens (including phenoxy) is 1. The van der Waals surface area contributed by atoms with Crippen LogP contribution in [0.4, 0.5) is 0 Å². The quantitative estimate of drug-likeness (QED) is 0.768. The minimum absolute atomic E-state index is 0.514. The second kappa shape index (κ2) is 5.15. The Bertz CT molecular complexity index is 529. The lowest BCUT2D eigenvalue weighted by molar-refractivity contribution is 0.112. The largest absolute Gasteiger partial charge is 0.489 e. The third-order valence-electron chi connectivity index (χ3n) is 2.54. The van der Waals surface area contributed by atoms with Crippen molar-refractivity contribution in [3.8, 4) is 5.75 Å². The maximum absolute atomic E-state index is 10.7. The molecule has 0 fully saturated rings.